The lowest BCUT2D eigenvalue weighted by molar-refractivity contribution is -0.137. The smallest absolute Gasteiger partial charge is 0.305 e. The lowest BCUT2D eigenvalue weighted by Crippen LogP contribution is -2.25. The van der Waals surface area contributed by atoms with Crippen LogP contribution in [0.15, 0.2) is 29.9 Å². The first-order valence-corrected chi connectivity index (χ1v) is 5.43. The number of aliphatic carboxylic acids is 1. The van der Waals surface area contributed by atoms with Crippen molar-refractivity contribution in [3.05, 3.63) is 35.8 Å². The highest BCUT2D eigenvalue weighted by molar-refractivity contribution is 8.03. The van der Waals surface area contributed by atoms with Gasteiger partial charge >= 0.3 is 5.97 Å². The van der Waals surface area contributed by atoms with Crippen molar-refractivity contribution in [3.8, 4) is 0 Å². The van der Waals surface area contributed by atoms with Gasteiger partial charge in [0.15, 0.2) is 0 Å². The molecular weight excluding hydrogens is 212 g/mol. The normalized spacial score (nSPS) is 24.3. The van der Waals surface area contributed by atoms with Gasteiger partial charge in [0.05, 0.1) is 11.2 Å². The molecule has 0 fully saturated rings. The third-order valence-corrected chi connectivity index (χ3v) is 3.52. The molecule has 0 bridgehead atoms. The maximum Gasteiger partial charge on any atom is 0.305 e. The fourth-order valence-electron chi connectivity index (χ4n) is 1.58. The highest BCUT2D eigenvalue weighted by atomic mass is 32.2. The van der Waals surface area contributed by atoms with Gasteiger partial charge in [0.1, 0.15) is 5.82 Å². The molecule has 1 aliphatic heterocycles. The van der Waals surface area contributed by atoms with E-state index in [0.29, 0.717) is 12.2 Å². The lowest BCUT2D eigenvalue weighted by Gasteiger charge is -2.23. The van der Waals surface area contributed by atoms with Crippen LogP contribution >= 0.6 is 11.8 Å². The summed E-state index contributed by atoms with van der Waals surface area (Å²) in [4.78, 5) is 19.1. The van der Waals surface area contributed by atoms with Crippen molar-refractivity contribution in [2.24, 2.45) is 0 Å². The summed E-state index contributed by atoms with van der Waals surface area (Å²) in [6, 6.07) is 1.73. The van der Waals surface area contributed by atoms with Crippen molar-refractivity contribution >= 4 is 17.7 Å². The van der Waals surface area contributed by atoms with E-state index in [4.69, 9.17) is 5.11 Å². The quantitative estimate of drug-likeness (QED) is 0.844. The standard InChI is InChI=1S/C10H10N2O2S/c13-8(14)7-10(3-1-6-15-10)9-11-4-2-5-12-9/h1-2,4-6H,3,7H2,(H,13,14). The SMILES string of the molecule is O=C(O)CC1(c2ncccn2)CC=CS1. The van der Waals surface area contributed by atoms with Gasteiger partial charge < -0.3 is 5.11 Å². The summed E-state index contributed by atoms with van der Waals surface area (Å²) in [5.41, 5.74) is 0. The molecule has 0 aliphatic carbocycles. The van der Waals surface area contributed by atoms with Gasteiger partial charge in [-0.05, 0) is 17.9 Å². The minimum absolute atomic E-state index is 0.0503. The number of hydrogen-bond acceptors (Lipinski definition) is 4. The molecular formula is C10H10N2O2S. The zero-order valence-electron chi connectivity index (χ0n) is 7.96. The molecule has 1 aromatic rings. The Hall–Kier alpha value is -1.36. The van der Waals surface area contributed by atoms with E-state index in [1.165, 1.54) is 11.8 Å². The molecule has 2 heterocycles. The summed E-state index contributed by atoms with van der Waals surface area (Å²) in [6.45, 7) is 0. The van der Waals surface area contributed by atoms with Gasteiger partial charge in [-0.1, -0.05) is 6.08 Å². The Morgan fingerprint density at radius 1 is 1.53 bits per heavy atom. The molecule has 2 rings (SSSR count). The van der Waals surface area contributed by atoms with Gasteiger partial charge in [0, 0.05) is 12.4 Å². The van der Waals surface area contributed by atoms with Crippen LogP contribution in [-0.2, 0) is 9.54 Å². The number of rotatable bonds is 3. The Kier molecular flexibility index (Phi) is 2.73. The fraction of sp³-hybridized carbons (Fsp3) is 0.300. The van der Waals surface area contributed by atoms with Crippen LogP contribution in [0.5, 0.6) is 0 Å². The predicted octanol–water partition coefficient (Wildman–Crippen LogP) is 1.80. The van der Waals surface area contributed by atoms with Gasteiger partial charge in [-0.2, -0.15) is 0 Å². The van der Waals surface area contributed by atoms with E-state index in [9.17, 15) is 4.79 Å². The Morgan fingerprint density at radius 3 is 2.80 bits per heavy atom. The second-order valence-electron chi connectivity index (χ2n) is 3.33. The van der Waals surface area contributed by atoms with E-state index in [0.717, 1.165) is 0 Å². The van der Waals surface area contributed by atoms with E-state index in [-0.39, 0.29) is 6.42 Å². The lowest BCUT2D eigenvalue weighted by atomic mass is 9.99. The first-order chi connectivity index (χ1) is 7.23. The molecule has 1 aromatic heterocycles. The highest BCUT2D eigenvalue weighted by Gasteiger charge is 2.39. The van der Waals surface area contributed by atoms with E-state index in [2.05, 4.69) is 9.97 Å². The number of carboxylic acid groups (broad SMARTS) is 1. The fourth-order valence-corrected chi connectivity index (χ4v) is 2.64. The predicted molar refractivity (Wildman–Crippen MR) is 57.3 cm³/mol. The van der Waals surface area contributed by atoms with Crippen LogP contribution < -0.4 is 0 Å². The Balaban J connectivity index is 2.31. The molecule has 1 N–H and O–H groups in total. The minimum Gasteiger partial charge on any atom is -0.481 e. The van der Waals surface area contributed by atoms with Crippen molar-refractivity contribution < 1.29 is 9.90 Å². The first-order valence-electron chi connectivity index (χ1n) is 4.55. The van der Waals surface area contributed by atoms with Gasteiger partial charge in [-0.25, -0.2) is 9.97 Å². The monoisotopic (exact) mass is 222 g/mol. The Bertz CT molecular complexity index is 384. The van der Waals surface area contributed by atoms with Crippen LogP contribution in [0.2, 0.25) is 0 Å². The minimum atomic E-state index is -0.821. The van der Waals surface area contributed by atoms with Crippen LogP contribution in [0, 0.1) is 0 Å². The second kappa shape index (κ2) is 4.02. The number of carbonyl (C=O) groups is 1. The molecule has 0 amide bonds. The van der Waals surface area contributed by atoms with Crippen LogP contribution in [0.4, 0.5) is 0 Å². The number of aromatic nitrogens is 2. The molecule has 1 atom stereocenters. The summed E-state index contributed by atoms with van der Waals surface area (Å²) in [7, 11) is 0. The molecule has 0 radical (unpaired) electrons. The number of hydrogen-bond donors (Lipinski definition) is 1. The third-order valence-electron chi connectivity index (χ3n) is 2.25. The van der Waals surface area contributed by atoms with Crippen molar-refractivity contribution in [1.82, 2.24) is 9.97 Å². The van der Waals surface area contributed by atoms with Crippen LogP contribution in [0.3, 0.4) is 0 Å². The Labute approximate surface area is 91.4 Å². The third kappa shape index (κ3) is 2.02. The summed E-state index contributed by atoms with van der Waals surface area (Å²) < 4.78 is -0.507. The zero-order chi connectivity index (χ0) is 10.7. The van der Waals surface area contributed by atoms with Crippen molar-refractivity contribution in [2.75, 3.05) is 0 Å². The van der Waals surface area contributed by atoms with Crippen molar-refractivity contribution in [1.29, 1.82) is 0 Å². The van der Waals surface area contributed by atoms with E-state index >= 15 is 0 Å². The van der Waals surface area contributed by atoms with Crippen LogP contribution in [0.1, 0.15) is 18.7 Å². The summed E-state index contributed by atoms with van der Waals surface area (Å²) >= 11 is 1.48. The Morgan fingerprint density at radius 2 is 2.27 bits per heavy atom. The summed E-state index contributed by atoms with van der Waals surface area (Å²) in [6.07, 6.45) is 5.97. The molecule has 1 aliphatic rings. The van der Waals surface area contributed by atoms with E-state index < -0.39 is 10.7 Å². The number of nitrogens with zero attached hydrogens (tertiary/aromatic N) is 2. The van der Waals surface area contributed by atoms with E-state index in [1.807, 2.05) is 11.5 Å². The van der Waals surface area contributed by atoms with Gasteiger partial charge in [-0.3, -0.25) is 4.79 Å². The van der Waals surface area contributed by atoms with Gasteiger partial charge in [0.2, 0.25) is 0 Å². The van der Waals surface area contributed by atoms with Crippen LogP contribution in [0.25, 0.3) is 0 Å². The summed E-state index contributed by atoms with van der Waals surface area (Å²) in [5.74, 6) is -0.221. The van der Waals surface area contributed by atoms with Crippen LogP contribution in [-0.4, -0.2) is 21.0 Å². The average molecular weight is 222 g/mol. The average Bonchev–Trinajstić information content (AvgIpc) is 2.68. The molecule has 15 heavy (non-hydrogen) atoms. The zero-order valence-corrected chi connectivity index (χ0v) is 8.78. The second-order valence-corrected chi connectivity index (χ2v) is 4.62. The molecule has 0 spiro atoms. The van der Waals surface area contributed by atoms with Gasteiger partial charge in [-0.15, -0.1) is 11.8 Å². The van der Waals surface area contributed by atoms with Crippen molar-refractivity contribution in [2.45, 2.75) is 17.6 Å². The molecule has 0 saturated carbocycles. The molecule has 0 saturated heterocycles. The maximum atomic E-state index is 10.8. The molecule has 0 aromatic carbocycles. The van der Waals surface area contributed by atoms with Gasteiger partial charge in [0.25, 0.3) is 0 Å². The topological polar surface area (TPSA) is 63.1 Å². The highest BCUT2D eigenvalue weighted by Crippen LogP contribution is 2.46. The molecule has 4 nitrogen and oxygen atoms in total. The number of allylic oxidation sites excluding steroid dienone is 1. The number of thioether (sulfide) groups is 1. The van der Waals surface area contributed by atoms with Crippen molar-refractivity contribution in [3.63, 3.8) is 0 Å². The largest absolute Gasteiger partial charge is 0.481 e. The molecule has 1 unspecified atom stereocenters. The summed E-state index contributed by atoms with van der Waals surface area (Å²) in [5, 5.41) is 10.8. The maximum absolute atomic E-state index is 10.8. The molecule has 78 valence electrons. The molecule has 5 heteroatoms. The van der Waals surface area contributed by atoms with E-state index in [1.54, 1.807) is 18.5 Å². The number of carboxylic acids is 1. The first kappa shape index (κ1) is 10.2.